The SMILES string of the molecule is CCOC(=O)NCCC(=O)N[C@@H](CC)c1ncc(-c2ccccc2)[nH]1. The van der Waals surface area contributed by atoms with Gasteiger partial charge in [-0.1, -0.05) is 37.3 Å². The average Bonchev–Trinajstić information content (AvgIpc) is 3.10. The highest BCUT2D eigenvalue weighted by atomic mass is 16.5. The molecule has 2 amide bonds. The van der Waals surface area contributed by atoms with Crippen molar-refractivity contribution < 1.29 is 14.3 Å². The first-order valence-electron chi connectivity index (χ1n) is 8.44. The Kier molecular flexibility index (Phi) is 7.00. The van der Waals surface area contributed by atoms with E-state index < -0.39 is 6.09 Å². The normalized spacial score (nSPS) is 11.6. The van der Waals surface area contributed by atoms with Gasteiger partial charge in [-0.05, 0) is 18.9 Å². The summed E-state index contributed by atoms with van der Waals surface area (Å²) in [6.45, 7) is 4.24. The standard InChI is InChI=1S/C18H24N4O3/c1-3-14(21-16(23)10-11-19-18(24)25-4-2)17-20-12-15(22-17)13-8-6-5-7-9-13/h5-9,12,14H,3-4,10-11H2,1-2H3,(H,19,24)(H,20,22)(H,21,23)/t14-/m0/s1. The molecule has 134 valence electrons. The lowest BCUT2D eigenvalue weighted by Crippen LogP contribution is -2.33. The maximum absolute atomic E-state index is 12.1. The van der Waals surface area contributed by atoms with Crippen LogP contribution in [-0.4, -0.2) is 35.1 Å². The van der Waals surface area contributed by atoms with Crippen LogP contribution in [0.2, 0.25) is 0 Å². The molecule has 0 aliphatic carbocycles. The molecule has 7 nitrogen and oxygen atoms in total. The second-order valence-corrected chi connectivity index (χ2v) is 5.47. The summed E-state index contributed by atoms with van der Waals surface area (Å²) < 4.78 is 4.74. The number of imidazole rings is 1. The van der Waals surface area contributed by atoms with E-state index in [1.54, 1.807) is 13.1 Å². The van der Waals surface area contributed by atoms with E-state index in [0.29, 0.717) is 18.9 Å². The van der Waals surface area contributed by atoms with Gasteiger partial charge in [-0.15, -0.1) is 0 Å². The molecular formula is C18H24N4O3. The van der Waals surface area contributed by atoms with Crippen molar-refractivity contribution in [3.8, 4) is 11.3 Å². The van der Waals surface area contributed by atoms with Crippen LogP contribution in [0.4, 0.5) is 4.79 Å². The molecule has 0 fully saturated rings. The van der Waals surface area contributed by atoms with Crippen molar-refractivity contribution in [2.45, 2.75) is 32.7 Å². The second-order valence-electron chi connectivity index (χ2n) is 5.47. The number of nitrogens with one attached hydrogen (secondary N) is 3. The summed E-state index contributed by atoms with van der Waals surface area (Å²) in [5.74, 6) is 0.564. The number of alkyl carbamates (subject to hydrolysis) is 1. The van der Waals surface area contributed by atoms with E-state index in [4.69, 9.17) is 4.74 Å². The topological polar surface area (TPSA) is 96.1 Å². The van der Waals surface area contributed by atoms with Crippen molar-refractivity contribution in [3.05, 3.63) is 42.4 Å². The van der Waals surface area contributed by atoms with Crippen molar-refractivity contribution in [3.63, 3.8) is 0 Å². The van der Waals surface area contributed by atoms with Crippen LogP contribution >= 0.6 is 0 Å². The Balaban J connectivity index is 1.88. The minimum Gasteiger partial charge on any atom is -0.450 e. The van der Waals surface area contributed by atoms with Gasteiger partial charge in [0, 0.05) is 13.0 Å². The summed E-state index contributed by atoms with van der Waals surface area (Å²) >= 11 is 0. The maximum atomic E-state index is 12.1. The number of amides is 2. The van der Waals surface area contributed by atoms with E-state index in [9.17, 15) is 9.59 Å². The number of carbonyl (C=O) groups excluding carboxylic acids is 2. The van der Waals surface area contributed by atoms with E-state index in [2.05, 4.69) is 20.6 Å². The van der Waals surface area contributed by atoms with Gasteiger partial charge in [-0.2, -0.15) is 0 Å². The molecule has 1 aromatic carbocycles. The summed E-state index contributed by atoms with van der Waals surface area (Å²) in [6.07, 6.45) is 2.14. The molecule has 0 aliphatic rings. The van der Waals surface area contributed by atoms with Crippen LogP contribution in [0, 0.1) is 0 Å². The molecule has 0 saturated heterocycles. The molecule has 0 radical (unpaired) electrons. The van der Waals surface area contributed by atoms with Crippen LogP contribution in [0.25, 0.3) is 11.3 Å². The van der Waals surface area contributed by atoms with E-state index >= 15 is 0 Å². The van der Waals surface area contributed by atoms with Gasteiger partial charge in [0.25, 0.3) is 0 Å². The third-order valence-corrected chi connectivity index (χ3v) is 3.65. The number of nitrogens with zero attached hydrogens (tertiary/aromatic N) is 1. The van der Waals surface area contributed by atoms with Crippen LogP contribution < -0.4 is 10.6 Å². The zero-order valence-electron chi connectivity index (χ0n) is 14.5. The lowest BCUT2D eigenvalue weighted by molar-refractivity contribution is -0.121. The quantitative estimate of drug-likeness (QED) is 0.686. The summed E-state index contributed by atoms with van der Waals surface area (Å²) in [5.41, 5.74) is 1.95. The largest absolute Gasteiger partial charge is 0.450 e. The lowest BCUT2D eigenvalue weighted by atomic mass is 10.2. The third-order valence-electron chi connectivity index (χ3n) is 3.65. The lowest BCUT2D eigenvalue weighted by Gasteiger charge is -2.15. The Morgan fingerprint density at radius 2 is 2.00 bits per heavy atom. The molecule has 0 aliphatic heterocycles. The molecule has 0 saturated carbocycles. The summed E-state index contributed by atoms with van der Waals surface area (Å²) in [5, 5.41) is 5.45. The smallest absolute Gasteiger partial charge is 0.407 e. The number of H-pyrrole nitrogens is 1. The Hall–Kier alpha value is -2.83. The molecule has 2 rings (SSSR count). The third kappa shape index (κ3) is 5.63. The first-order valence-corrected chi connectivity index (χ1v) is 8.44. The number of rotatable bonds is 8. The molecular weight excluding hydrogens is 320 g/mol. The van der Waals surface area contributed by atoms with Crippen molar-refractivity contribution in [2.75, 3.05) is 13.2 Å². The zero-order valence-corrected chi connectivity index (χ0v) is 14.5. The zero-order chi connectivity index (χ0) is 18.1. The van der Waals surface area contributed by atoms with Gasteiger partial charge in [0.1, 0.15) is 5.82 Å². The van der Waals surface area contributed by atoms with Crippen molar-refractivity contribution in [1.29, 1.82) is 0 Å². The Morgan fingerprint density at radius 1 is 1.24 bits per heavy atom. The molecule has 1 heterocycles. The fourth-order valence-electron chi connectivity index (χ4n) is 2.37. The van der Waals surface area contributed by atoms with E-state index in [-0.39, 0.29) is 24.9 Å². The number of hydrogen-bond acceptors (Lipinski definition) is 4. The first kappa shape index (κ1) is 18.5. The minimum absolute atomic E-state index is 0.152. The molecule has 0 bridgehead atoms. The highest BCUT2D eigenvalue weighted by molar-refractivity contribution is 5.77. The molecule has 0 spiro atoms. The Bertz CT molecular complexity index is 685. The van der Waals surface area contributed by atoms with Crippen LogP contribution in [0.3, 0.4) is 0 Å². The molecule has 7 heteroatoms. The highest BCUT2D eigenvalue weighted by Gasteiger charge is 2.16. The summed E-state index contributed by atoms with van der Waals surface area (Å²) in [4.78, 5) is 30.9. The molecule has 0 unspecified atom stereocenters. The van der Waals surface area contributed by atoms with E-state index in [0.717, 1.165) is 11.3 Å². The number of benzene rings is 1. The number of aromatic nitrogens is 2. The number of aromatic amines is 1. The molecule has 1 aromatic heterocycles. The van der Waals surface area contributed by atoms with Gasteiger partial charge in [0.05, 0.1) is 24.5 Å². The molecule has 1 atom stereocenters. The number of carbonyl (C=O) groups is 2. The van der Waals surface area contributed by atoms with Gasteiger partial charge in [0.2, 0.25) is 5.91 Å². The van der Waals surface area contributed by atoms with Gasteiger partial charge < -0.3 is 20.4 Å². The summed E-state index contributed by atoms with van der Waals surface area (Å²) in [7, 11) is 0. The minimum atomic E-state index is -0.513. The predicted octanol–water partition coefficient (Wildman–Crippen LogP) is 2.78. The van der Waals surface area contributed by atoms with Gasteiger partial charge in [0.15, 0.2) is 0 Å². The van der Waals surface area contributed by atoms with Crippen molar-refractivity contribution in [2.24, 2.45) is 0 Å². The van der Waals surface area contributed by atoms with Gasteiger partial charge >= 0.3 is 6.09 Å². The van der Waals surface area contributed by atoms with Crippen LogP contribution in [0.15, 0.2) is 36.5 Å². The van der Waals surface area contributed by atoms with Crippen molar-refractivity contribution in [1.82, 2.24) is 20.6 Å². The van der Waals surface area contributed by atoms with E-state index in [1.165, 1.54) is 0 Å². The number of ether oxygens (including phenoxy) is 1. The average molecular weight is 344 g/mol. The van der Waals surface area contributed by atoms with Crippen LogP contribution in [0.1, 0.15) is 38.6 Å². The predicted molar refractivity (Wildman–Crippen MR) is 94.8 cm³/mol. The Labute approximate surface area is 147 Å². The highest BCUT2D eigenvalue weighted by Crippen LogP contribution is 2.20. The van der Waals surface area contributed by atoms with Gasteiger partial charge in [-0.3, -0.25) is 4.79 Å². The van der Waals surface area contributed by atoms with Crippen LogP contribution in [0.5, 0.6) is 0 Å². The second kappa shape index (κ2) is 9.46. The van der Waals surface area contributed by atoms with Crippen LogP contribution in [-0.2, 0) is 9.53 Å². The molecule has 2 aromatic rings. The fourth-order valence-corrected chi connectivity index (χ4v) is 2.37. The Morgan fingerprint density at radius 3 is 2.68 bits per heavy atom. The summed E-state index contributed by atoms with van der Waals surface area (Å²) in [6, 6.07) is 9.68. The molecule has 25 heavy (non-hydrogen) atoms. The number of hydrogen-bond donors (Lipinski definition) is 3. The van der Waals surface area contributed by atoms with Gasteiger partial charge in [-0.25, -0.2) is 9.78 Å². The van der Waals surface area contributed by atoms with Crippen molar-refractivity contribution >= 4 is 12.0 Å². The monoisotopic (exact) mass is 344 g/mol. The first-order chi connectivity index (χ1) is 12.1. The maximum Gasteiger partial charge on any atom is 0.407 e. The fraction of sp³-hybridized carbons (Fsp3) is 0.389. The van der Waals surface area contributed by atoms with E-state index in [1.807, 2.05) is 37.3 Å². The molecule has 3 N–H and O–H groups in total.